The van der Waals surface area contributed by atoms with Crippen LogP contribution in [0.5, 0.6) is 0 Å². The number of aryl methyl sites for hydroxylation is 2. The Morgan fingerprint density at radius 2 is 2.12 bits per heavy atom. The summed E-state index contributed by atoms with van der Waals surface area (Å²) in [6.07, 6.45) is 2.07. The van der Waals surface area contributed by atoms with Crippen LogP contribution in [0.1, 0.15) is 36.8 Å². The Bertz CT molecular complexity index is 327. The molecule has 0 fully saturated rings. The molecule has 0 saturated heterocycles. The van der Waals surface area contributed by atoms with Crippen molar-refractivity contribution in [3.63, 3.8) is 0 Å². The third kappa shape index (κ3) is 3.56. The normalized spacial score (nSPS) is 10.2. The zero-order valence-corrected chi connectivity index (χ0v) is 10.1. The SMILES string of the molecule is CCCCNC(=O)NCc1c(C)noc1C. The van der Waals surface area contributed by atoms with E-state index >= 15 is 0 Å². The summed E-state index contributed by atoms with van der Waals surface area (Å²) in [5, 5.41) is 9.38. The maximum Gasteiger partial charge on any atom is 0.315 e. The molecule has 0 aromatic carbocycles. The van der Waals surface area contributed by atoms with Gasteiger partial charge >= 0.3 is 6.03 Å². The molecule has 0 bridgehead atoms. The van der Waals surface area contributed by atoms with Gasteiger partial charge in [-0.3, -0.25) is 0 Å². The standard InChI is InChI=1S/C11H19N3O2/c1-4-5-6-12-11(15)13-7-10-8(2)14-16-9(10)3/h4-7H2,1-3H3,(H2,12,13,15). The quantitative estimate of drug-likeness (QED) is 0.752. The first-order valence-corrected chi connectivity index (χ1v) is 5.58. The largest absolute Gasteiger partial charge is 0.361 e. The van der Waals surface area contributed by atoms with E-state index in [1.165, 1.54) is 0 Å². The van der Waals surface area contributed by atoms with Crippen LogP contribution in [0.2, 0.25) is 0 Å². The highest BCUT2D eigenvalue weighted by Crippen LogP contribution is 2.11. The van der Waals surface area contributed by atoms with Gasteiger partial charge in [0.25, 0.3) is 0 Å². The summed E-state index contributed by atoms with van der Waals surface area (Å²) in [6.45, 7) is 6.96. The maximum atomic E-state index is 11.4. The van der Waals surface area contributed by atoms with Crippen LogP contribution in [0.15, 0.2) is 4.52 Å². The molecule has 16 heavy (non-hydrogen) atoms. The summed E-state index contributed by atoms with van der Waals surface area (Å²) >= 11 is 0. The van der Waals surface area contributed by atoms with E-state index in [1.807, 2.05) is 13.8 Å². The fraction of sp³-hybridized carbons (Fsp3) is 0.636. The van der Waals surface area contributed by atoms with Gasteiger partial charge in [0.1, 0.15) is 5.76 Å². The minimum absolute atomic E-state index is 0.145. The van der Waals surface area contributed by atoms with Crippen LogP contribution in [0.4, 0.5) is 4.79 Å². The monoisotopic (exact) mass is 225 g/mol. The Morgan fingerprint density at radius 1 is 1.38 bits per heavy atom. The Morgan fingerprint density at radius 3 is 2.69 bits per heavy atom. The summed E-state index contributed by atoms with van der Waals surface area (Å²) in [7, 11) is 0. The zero-order chi connectivity index (χ0) is 12.0. The molecule has 5 heteroatoms. The molecule has 5 nitrogen and oxygen atoms in total. The van der Waals surface area contributed by atoms with Crippen molar-refractivity contribution >= 4 is 6.03 Å². The number of unbranched alkanes of at least 4 members (excludes halogenated alkanes) is 1. The average molecular weight is 225 g/mol. The van der Waals surface area contributed by atoms with Gasteiger partial charge in [-0.1, -0.05) is 18.5 Å². The summed E-state index contributed by atoms with van der Waals surface area (Å²) in [4.78, 5) is 11.4. The molecule has 0 aliphatic carbocycles. The molecule has 0 aliphatic heterocycles. The lowest BCUT2D eigenvalue weighted by molar-refractivity contribution is 0.240. The minimum Gasteiger partial charge on any atom is -0.361 e. The highest BCUT2D eigenvalue weighted by Gasteiger charge is 2.09. The molecule has 0 saturated carbocycles. The first-order chi connectivity index (χ1) is 7.65. The third-order valence-electron chi connectivity index (χ3n) is 2.42. The molecule has 1 heterocycles. The van der Waals surface area contributed by atoms with Gasteiger partial charge < -0.3 is 15.2 Å². The van der Waals surface area contributed by atoms with Crippen molar-refractivity contribution < 1.29 is 9.32 Å². The lowest BCUT2D eigenvalue weighted by Gasteiger charge is -2.06. The fourth-order valence-corrected chi connectivity index (χ4v) is 1.36. The lowest BCUT2D eigenvalue weighted by atomic mass is 10.2. The number of carbonyl (C=O) groups is 1. The third-order valence-corrected chi connectivity index (χ3v) is 2.42. The molecule has 0 aliphatic rings. The van der Waals surface area contributed by atoms with Gasteiger partial charge in [-0.2, -0.15) is 0 Å². The van der Waals surface area contributed by atoms with Gasteiger partial charge in [0, 0.05) is 18.7 Å². The number of hydrogen-bond donors (Lipinski definition) is 2. The molecule has 90 valence electrons. The number of aromatic nitrogens is 1. The average Bonchev–Trinajstić information content (AvgIpc) is 2.57. The summed E-state index contributed by atoms with van der Waals surface area (Å²) in [5.74, 6) is 0.756. The number of urea groups is 1. The van der Waals surface area contributed by atoms with Gasteiger partial charge in [-0.15, -0.1) is 0 Å². The predicted molar refractivity (Wildman–Crippen MR) is 61.1 cm³/mol. The van der Waals surface area contributed by atoms with Crippen LogP contribution in [-0.2, 0) is 6.54 Å². The predicted octanol–water partition coefficient (Wildman–Crippen LogP) is 1.89. The zero-order valence-electron chi connectivity index (χ0n) is 10.1. The van der Waals surface area contributed by atoms with Crippen molar-refractivity contribution in [3.05, 3.63) is 17.0 Å². The van der Waals surface area contributed by atoms with E-state index in [0.29, 0.717) is 13.1 Å². The lowest BCUT2D eigenvalue weighted by Crippen LogP contribution is -2.35. The first kappa shape index (κ1) is 12.5. The Labute approximate surface area is 95.6 Å². The smallest absolute Gasteiger partial charge is 0.315 e. The number of nitrogens with zero attached hydrogens (tertiary/aromatic N) is 1. The van der Waals surface area contributed by atoms with Gasteiger partial charge in [0.2, 0.25) is 0 Å². The summed E-state index contributed by atoms with van der Waals surface area (Å²) < 4.78 is 5.00. The van der Waals surface area contributed by atoms with Crippen LogP contribution in [-0.4, -0.2) is 17.7 Å². The first-order valence-electron chi connectivity index (χ1n) is 5.58. The molecule has 0 spiro atoms. The number of amides is 2. The van der Waals surface area contributed by atoms with Gasteiger partial charge in [0.05, 0.1) is 5.69 Å². The molecule has 1 aromatic heterocycles. The van der Waals surface area contributed by atoms with Crippen LogP contribution in [0.25, 0.3) is 0 Å². The number of hydrogen-bond acceptors (Lipinski definition) is 3. The highest BCUT2D eigenvalue weighted by atomic mass is 16.5. The Balaban J connectivity index is 2.32. The molecule has 2 N–H and O–H groups in total. The van der Waals surface area contributed by atoms with Crippen molar-refractivity contribution in [1.29, 1.82) is 0 Å². The van der Waals surface area contributed by atoms with E-state index in [-0.39, 0.29) is 6.03 Å². The molecule has 2 amide bonds. The number of carbonyl (C=O) groups excluding carboxylic acids is 1. The minimum atomic E-state index is -0.145. The van der Waals surface area contributed by atoms with Crippen LogP contribution in [0.3, 0.4) is 0 Å². The molecule has 0 atom stereocenters. The van der Waals surface area contributed by atoms with Crippen molar-refractivity contribution in [1.82, 2.24) is 15.8 Å². The highest BCUT2D eigenvalue weighted by molar-refractivity contribution is 5.73. The van der Waals surface area contributed by atoms with Crippen LogP contribution < -0.4 is 10.6 Å². The fourth-order valence-electron chi connectivity index (χ4n) is 1.36. The van der Waals surface area contributed by atoms with E-state index in [4.69, 9.17) is 4.52 Å². The topological polar surface area (TPSA) is 67.2 Å². The second-order valence-electron chi connectivity index (χ2n) is 3.77. The van der Waals surface area contributed by atoms with E-state index in [1.54, 1.807) is 0 Å². The molecule has 0 radical (unpaired) electrons. The van der Waals surface area contributed by atoms with Gasteiger partial charge in [-0.25, -0.2) is 4.79 Å². The maximum absolute atomic E-state index is 11.4. The number of nitrogens with one attached hydrogen (secondary N) is 2. The molecular formula is C11H19N3O2. The van der Waals surface area contributed by atoms with Crippen LogP contribution >= 0.6 is 0 Å². The van der Waals surface area contributed by atoms with Crippen LogP contribution in [0, 0.1) is 13.8 Å². The molecule has 0 unspecified atom stereocenters. The van der Waals surface area contributed by atoms with E-state index in [2.05, 4.69) is 22.7 Å². The summed E-state index contributed by atoms with van der Waals surface area (Å²) in [5.41, 5.74) is 1.77. The van der Waals surface area contributed by atoms with Crippen molar-refractivity contribution in [2.45, 2.75) is 40.2 Å². The Kier molecular flexibility index (Phi) is 4.82. The molecule has 1 rings (SSSR count). The van der Waals surface area contributed by atoms with E-state index < -0.39 is 0 Å². The van der Waals surface area contributed by atoms with Crippen molar-refractivity contribution in [3.8, 4) is 0 Å². The number of rotatable bonds is 5. The van der Waals surface area contributed by atoms with Gasteiger partial charge in [-0.05, 0) is 20.3 Å². The van der Waals surface area contributed by atoms with Crippen molar-refractivity contribution in [2.75, 3.05) is 6.54 Å². The summed E-state index contributed by atoms with van der Waals surface area (Å²) in [6, 6.07) is -0.145. The molecule has 1 aromatic rings. The second kappa shape index (κ2) is 6.15. The van der Waals surface area contributed by atoms with E-state index in [9.17, 15) is 4.79 Å². The van der Waals surface area contributed by atoms with Crippen molar-refractivity contribution in [2.24, 2.45) is 0 Å². The van der Waals surface area contributed by atoms with E-state index in [0.717, 1.165) is 29.9 Å². The second-order valence-corrected chi connectivity index (χ2v) is 3.77. The molecular weight excluding hydrogens is 206 g/mol. The van der Waals surface area contributed by atoms with Gasteiger partial charge in [0.15, 0.2) is 0 Å². The Hall–Kier alpha value is -1.52.